The summed E-state index contributed by atoms with van der Waals surface area (Å²) >= 11 is 0. The highest BCUT2D eigenvalue weighted by Crippen LogP contribution is 2.58. The summed E-state index contributed by atoms with van der Waals surface area (Å²) in [6.45, 7) is 1.88. The Labute approximate surface area is 122 Å². The molecule has 5 heteroatoms. The Morgan fingerprint density at radius 1 is 0.900 bits per heavy atom. The normalized spacial score (nSPS) is 44.9. The van der Waals surface area contributed by atoms with Crippen molar-refractivity contribution < 1.29 is 8.42 Å². The van der Waals surface area contributed by atoms with Crippen LogP contribution in [0.4, 0.5) is 0 Å². The number of hydrogen-bond acceptors (Lipinski definition) is 3. The van der Waals surface area contributed by atoms with E-state index in [4.69, 9.17) is 0 Å². The minimum absolute atomic E-state index is 0.161. The molecule has 0 aromatic carbocycles. The van der Waals surface area contributed by atoms with Crippen LogP contribution in [-0.2, 0) is 10.0 Å². The molecule has 5 rings (SSSR count). The van der Waals surface area contributed by atoms with E-state index < -0.39 is 14.8 Å². The Balaban J connectivity index is 1.55. The van der Waals surface area contributed by atoms with Crippen LogP contribution < -0.4 is 10.0 Å². The van der Waals surface area contributed by atoms with Gasteiger partial charge in [0.05, 0.1) is 4.75 Å². The number of piperidine rings is 1. The second-order valence-corrected chi connectivity index (χ2v) is 9.85. The van der Waals surface area contributed by atoms with E-state index in [0.29, 0.717) is 17.8 Å². The molecule has 20 heavy (non-hydrogen) atoms. The summed E-state index contributed by atoms with van der Waals surface area (Å²) in [5.74, 6) is 2.06. The Bertz CT molecular complexity index is 447. The van der Waals surface area contributed by atoms with Crippen LogP contribution >= 0.6 is 0 Å². The summed E-state index contributed by atoms with van der Waals surface area (Å²) in [5, 5.41) is 3.30. The molecule has 1 saturated heterocycles. The molecular weight excluding hydrogens is 272 g/mol. The standard InChI is InChI=1S/C15H26N2O2S/c18-20(19,17-14-1-3-16-4-2-14)15-8-11-5-12(9-15)7-13(6-11)10-15/h11-14,16-17H,1-10H2. The zero-order valence-corrected chi connectivity index (χ0v) is 12.9. The average Bonchev–Trinajstić information content (AvgIpc) is 2.37. The van der Waals surface area contributed by atoms with E-state index in [1.165, 1.54) is 19.3 Å². The van der Waals surface area contributed by atoms with Gasteiger partial charge in [0.1, 0.15) is 0 Å². The summed E-state index contributed by atoms with van der Waals surface area (Å²) in [6.07, 6.45) is 8.54. The maximum absolute atomic E-state index is 13.0. The van der Waals surface area contributed by atoms with Crippen LogP contribution in [0.3, 0.4) is 0 Å². The molecule has 4 aliphatic carbocycles. The number of sulfonamides is 1. The van der Waals surface area contributed by atoms with Crippen molar-refractivity contribution in [2.45, 2.75) is 62.2 Å². The molecule has 0 radical (unpaired) electrons. The lowest BCUT2D eigenvalue weighted by Crippen LogP contribution is -2.59. The average molecular weight is 298 g/mol. The number of rotatable bonds is 3. The fraction of sp³-hybridized carbons (Fsp3) is 1.00. The molecule has 2 N–H and O–H groups in total. The first-order valence-electron chi connectivity index (χ1n) is 8.29. The van der Waals surface area contributed by atoms with Crippen molar-refractivity contribution in [1.82, 2.24) is 10.0 Å². The molecule has 0 spiro atoms. The Morgan fingerprint density at radius 2 is 1.40 bits per heavy atom. The zero-order chi connectivity index (χ0) is 13.8. The lowest BCUT2D eigenvalue weighted by molar-refractivity contribution is 0.0331. The van der Waals surface area contributed by atoms with Crippen molar-refractivity contribution in [3.63, 3.8) is 0 Å². The third kappa shape index (κ3) is 2.13. The summed E-state index contributed by atoms with van der Waals surface area (Å²) in [6, 6.07) is 0.161. The van der Waals surface area contributed by atoms with E-state index in [-0.39, 0.29) is 6.04 Å². The van der Waals surface area contributed by atoms with Gasteiger partial charge in [-0.15, -0.1) is 0 Å². The SMILES string of the molecule is O=S(=O)(NC1CCNCC1)C12CC3CC(CC(C3)C1)C2. The van der Waals surface area contributed by atoms with Gasteiger partial charge < -0.3 is 5.32 Å². The molecule has 4 bridgehead atoms. The third-order valence-electron chi connectivity index (χ3n) is 6.21. The van der Waals surface area contributed by atoms with Gasteiger partial charge in [-0.2, -0.15) is 0 Å². The Morgan fingerprint density at radius 3 is 1.90 bits per heavy atom. The summed E-state index contributed by atoms with van der Waals surface area (Å²) in [5.41, 5.74) is 0. The Hall–Kier alpha value is -0.130. The van der Waals surface area contributed by atoms with Gasteiger partial charge in [-0.05, 0) is 82.2 Å². The maximum Gasteiger partial charge on any atom is 0.217 e. The van der Waals surface area contributed by atoms with Crippen LogP contribution in [-0.4, -0.2) is 32.3 Å². The van der Waals surface area contributed by atoms with E-state index in [1.807, 2.05) is 0 Å². The predicted octanol–water partition coefficient (Wildman–Crippen LogP) is 1.63. The number of nitrogens with one attached hydrogen (secondary N) is 2. The highest BCUT2D eigenvalue weighted by atomic mass is 32.2. The predicted molar refractivity (Wildman–Crippen MR) is 78.9 cm³/mol. The first-order chi connectivity index (χ1) is 9.56. The van der Waals surface area contributed by atoms with E-state index in [0.717, 1.165) is 45.2 Å². The molecule has 1 aliphatic heterocycles. The molecule has 1 heterocycles. The van der Waals surface area contributed by atoms with Gasteiger partial charge in [0.15, 0.2) is 0 Å². The molecule has 4 saturated carbocycles. The van der Waals surface area contributed by atoms with Crippen LogP contribution in [0, 0.1) is 17.8 Å². The van der Waals surface area contributed by atoms with E-state index in [9.17, 15) is 8.42 Å². The van der Waals surface area contributed by atoms with E-state index in [1.54, 1.807) is 0 Å². The smallest absolute Gasteiger partial charge is 0.217 e. The fourth-order valence-electron chi connectivity index (χ4n) is 5.64. The molecule has 0 atom stereocenters. The monoisotopic (exact) mass is 298 g/mol. The molecule has 114 valence electrons. The minimum Gasteiger partial charge on any atom is -0.317 e. The van der Waals surface area contributed by atoms with Gasteiger partial charge in [-0.1, -0.05) is 0 Å². The molecule has 0 aromatic rings. The zero-order valence-electron chi connectivity index (χ0n) is 12.1. The second-order valence-electron chi connectivity index (χ2n) is 7.75. The first-order valence-corrected chi connectivity index (χ1v) is 9.77. The van der Waals surface area contributed by atoms with Gasteiger partial charge in [0.2, 0.25) is 10.0 Å². The largest absolute Gasteiger partial charge is 0.317 e. The summed E-state index contributed by atoms with van der Waals surface area (Å²) in [4.78, 5) is 0. The lowest BCUT2D eigenvalue weighted by atomic mass is 9.56. The maximum atomic E-state index is 13.0. The number of hydrogen-bond donors (Lipinski definition) is 2. The third-order valence-corrected chi connectivity index (χ3v) is 8.50. The Kier molecular flexibility index (Phi) is 3.17. The summed E-state index contributed by atoms with van der Waals surface area (Å²) < 4.78 is 28.7. The topological polar surface area (TPSA) is 58.2 Å². The lowest BCUT2D eigenvalue weighted by Gasteiger charge is -2.56. The van der Waals surface area contributed by atoms with Crippen molar-refractivity contribution in [2.24, 2.45) is 17.8 Å². The minimum atomic E-state index is -3.16. The van der Waals surface area contributed by atoms with Gasteiger partial charge in [-0.25, -0.2) is 13.1 Å². The molecule has 0 unspecified atom stereocenters. The molecule has 0 aromatic heterocycles. The fourth-order valence-corrected chi connectivity index (χ4v) is 7.93. The van der Waals surface area contributed by atoms with Gasteiger partial charge in [-0.3, -0.25) is 0 Å². The van der Waals surface area contributed by atoms with Crippen molar-refractivity contribution in [2.75, 3.05) is 13.1 Å². The molecular formula is C15H26N2O2S. The van der Waals surface area contributed by atoms with Crippen molar-refractivity contribution >= 4 is 10.0 Å². The highest BCUT2D eigenvalue weighted by molar-refractivity contribution is 7.90. The summed E-state index contributed by atoms with van der Waals surface area (Å²) in [7, 11) is -3.16. The molecule has 5 fully saturated rings. The van der Waals surface area contributed by atoms with Crippen molar-refractivity contribution in [1.29, 1.82) is 0 Å². The first kappa shape index (κ1) is 13.5. The molecule has 5 aliphatic rings. The van der Waals surface area contributed by atoms with Crippen LogP contribution in [0.1, 0.15) is 51.4 Å². The molecule has 0 amide bonds. The van der Waals surface area contributed by atoms with Crippen LogP contribution in [0.5, 0.6) is 0 Å². The second kappa shape index (κ2) is 4.68. The highest BCUT2D eigenvalue weighted by Gasteiger charge is 2.57. The van der Waals surface area contributed by atoms with Gasteiger partial charge in [0.25, 0.3) is 0 Å². The quantitative estimate of drug-likeness (QED) is 0.832. The van der Waals surface area contributed by atoms with Crippen LogP contribution in [0.25, 0.3) is 0 Å². The van der Waals surface area contributed by atoms with Gasteiger partial charge >= 0.3 is 0 Å². The van der Waals surface area contributed by atoms with Crippen molar-refractivity contribution in [3.05, 3.63) is 0 Å². The van der Waals surface area contributed by atoms with Crippen molar-refractivity contribution in [3.8, 4) is 0 Å². The van der Waals surface area contributed by atoms with E-state index in [2.05, 4.69) is 10.0 Å². The van der Waals surface area contributed by atoms with E-state index >= 15 is 0 Å². The van der Waals surface area contributed by atoms with Gasteiger partial charge in [0, 0.05) is 6.04 Å². The van der Waals surface area contributed by atoms with Crippen LogP contribution in [0.2, 0.25) is 0 Å². The van der Waals surface area contributed by atoms with Crippen LogP contribution in [0.15, 0.2) is 0 Å². The molecule has 4 nitrogen and oxygen atoms in total.